The van der Waals surface area contributed by atoms with E-state index in [-0.39, 0.29) is 50.8 Å². The quantitative estimate of drug-likeness (QED) is 0.0179. The number of carboxylic acids is 1. The number of aromatic hydroxyl groups is 1. The SMILES string of the molecule is COC(=O)COc1cc(C2CC2)c(O)cc1C.COC(=O)COc1cc(C2CC2)c(OCCCc2nc(-c3ccc(C(F)(F)F)cc3)cs2)cc1C.Cc1cc(OCCCc2nc(-c3ccc(C(F)(F)F)cc3)cs2)c(C2CC2)cc1OCC(=O)O.OCCCc1nc(-c2ccc(C(F)(F)F)cc2)cs1.[Li+].[OH-]. The molecule has 12 rings (SSSR count). The minimum absolute atomic E-state index is 0. The molecular formula is C77H79F9LiN3O14S3. The molecule has 3 aliphatic carbocycles. The van der Waals surface area contributed by atoms with E-state index in [0.29, 0.717) is 113 Å². The fraction of sp³-hybridized carbons (Fsp3) is 0.377. The number of hydrogen-bond donors (Lipinski definition) is 3. The van der Waals surface area contributed by atoms with Gasteiger partial charge in [0, 0.05) is 75.4 Å². The Balaban J connectivity index is 0.000000206. The Kier molecular flexibility index (Phi) is 31.5. The zero-order valence-corrected chi connectivity index (χ0v) is 61.9. The van der Waals surface area contributed by atoms with Crippen LogP contribution in [0.4, 0.5) is 39.5 Å². The number of aryl methyl sites for hydroxylation is 6. The number of phenolic OH excluding ortho intramolecular Hbond substituents is 1. The molecule has 0 aliphatic heterocycles. The van der Waals surface area contributed by atoms with Gasteiger partial charge < -0.3 is 54.0 Å². The fourth-order valence-electron chi connectivity index (χ4n) is 10.6. The minimum atomic E-state index is -4.35. The van der Waals surface area contributed by atoms with Gasteiger partial charge in [-0.25, -0.2) is 29.3 Å². The second-order valence-electron chi connectivity index (χ2n) is 25.1. The molecule has 3 aromatic heterocycles. The Bertz CT molecular complexity index is 4370. The molecule has 0 atom stereocenters. The average molecular weight is 1540 g/mol. The number of aliphatic hydroxyl groups is 1. The number of methoxy groups -OCH3 is 2. The molecule has 6 aromatic carbocycles. The number of carbonyl (C=O) groups excluding carboxylic acids is 2. The van der Waals surface area contributed by atoms with Crippen LogP contribution >= 0.6 is 34.0 Å². The zero-order valence-electron chi connectivity index (χ0n) is 59.4. The van der Waals surface area contributed by atoms with Crippen LogP contribution in [0, 0.1) is 20.8 Å². The van der Waals surface area contributed by atoms with Crippen LogP contribution in [-0.2, 0) is 61.6 Å². The number of aliphatic hydroxyl groups excluding tert-OH is 1. The summed E-state index contributed by atoms with van der Waals surface area (Å²) in [5.41, 5.74) is 7.56. The summed E-state index contributed by atoms with van der Waals surface area (Å²) in [6.45, 7) is 6.09. The Morgan fingerprint density at radius 3 is 1.07 bits per heavy atom. The molecule has 17 nitrogen and oxygen atoms in total. The van der Waals surface area contributed by atoms with Crippen molar-refractivity contribution in [3.05, 3.63) is 190 Å². The van der Waals surface area contributed by atoms with Gasteiger partial charge in [0.1, 0.15) is 34.5 Å². The average Bonchev–Trinajstić information content (AvgIpc) is 0.982. The van der Waals surface area contributed by atoms with Crippen LogP contribution < -0.4 is 42.5 Å². The van der Waals surface area contributed by atoms with Gasteiger partial charge in [-0.2, -0.15) is 39.5 Å². The van der Waals surface area contributed by atoms with Crippen LogP contribution in [0.1, 0.15) is 141 Å². The Morgan fingerprint density at radius 2 is 0.757 bits per heavy atom. The molecule has 0 spiro atoms. The predicted octanol–water partition coefficient (Wildman–Crippen LogP) is 15.8. The topological polar surface area (TPSA) is 245 Å². The minimum Gasteiger partial charge on any atom is -0.870 e. The van der Waals surface area contributed by atoms with E-state index < -0.39 is 53.1 Å². The number of halogens is 9. The monoisotopic (exact) mass is 1540 g/mol. The molecule has 0 radical (unpaired) electrons. The number of phenols is 1. The van der Waals surface area contributed by atoms with E-state index >= 15 is 0 Å². The van der Waals surface area contributed by atoms with Gasteiger partial charge in [0.25, 0.3) is 0 Å². The van der Waals surface area contributed by atoms with E-state index in [9.17, 15) is 59.0 Å². The van der Waals surface area contributed by atoms with Crippen LogP contribution in [-0.4, -0.2) is 108 Å². The molecule has 0 bridgehead atoms. The number of esters is 2. The van der Waals surface area contributed by atoms with Crippen LogP contribution in [0.15, 0.2) is 125 Å². The van der Waals surface area contributed by atoms with Crippen molar-refractivity contribution in [2.75, 3.05) is 53.9 Å². The first kappa shape index (κ1) is 85.6. The van der Waals surface area contributed by atoms with E-state index in [4.69, 9.17) is 33.9 Å². The molecule has 3 heterocycles. The molecular weight excluding hydrogens is 1460 g/mol. The summed E-state index contributed by atoms with van der Waals surface area (Å²) >= 11 is 4.42. The van der Waals surface area contributed by atoms with Gasteiger partial charge in [0.2, 0.25) is 0 Å². The number of rotatable bonds is 28. The second-order valence-corrected chi connectivity index (χ2v) is 27.9. The van der Waals surface area contributed by atoms with Crippen molar-refractivity contribution in [3.63, 3.8) is 0 Å². The summed E-state index contributed by atoms with van der Waals surface area (Å²) in [5.74, 6) is 3.24. The number of alkyl halides is 9. The van der Waals surface area contributed by atoms with E-state index in [0.717, 1.165) is 148 Å². The van der Waals surface area contributed by atoms with Gasteiger partial charge in [0.05, 0.1) is 76.2 Å². The van der Waals surface area contributed by atoms with E-state index in [1.54, 1.807) is 6.07 Å². The summed E-state index contributed by atoms with van der Waals surface area (Å²) in [7, 11) is 2.65. The first-order valence-corrected chi connectivity index (χ1v) is 36.3. The number of thiazole rings is 3. The van der Waals surface area contributed by atoms with Crippen LogP contribution in [0.3, 0.4) is 0 Å². The van der Waals surface area contributed by atoms with Crippen molar-refractivity contribution in [2.24, 2.45) is 0 Å². The van der Waals surface area contributed by atoms with E-state index in [1.165, 1.54) is 84.6 Å². The summed E-state index contributed by atoms with van der Waals surface area (Å²) in [6, 6.07) is 26.2. The molecule has 0 saturated heterocycles. The number of nitrogens with zero attached hydrogens (tertiary/aromatic N) is 3. The smallest absolute Gasteiger partial charge is 0.870 e. The number of benzene rings is 6. The van der Waals surface area contributed by atoms with Crippen molar-refractivity contribution in [1.82, 2.24) is 15.0 Å². The molecule has 107 heavy (non-hydrogen) atoms. The van der Waals surface area contributed by atoms with Crippen molar-refractivity contribution >= 4 is 51.9 Å². The first-order chi connectivity index (χ1) is 50.1. The Labute approximate surface area is 636 Å². The van der Waals surface area contributed by atoms with Gasteiger partial charge in [-0.1, -0.05) is 36.4 Å². The maximum absolute atomic E-state index is 12.8. The van der Waals surface area contributed by atoms with Crippen LogP contribution in [0.2, 0.25) is 0 Å². The molecule has 568 valence electrons. The van der Waals surface area contributed by atoms with Gasteiger partial charge in [0.15, 0.2) is 19.8 Å². The number of ether oxygens (including phenoxy) is 7. The third kappa shape index (κ3) is 26.0. The van der Waals surface area contributed by atoms with Crippen molar-refractivity contribution < 1.29 is 127 Å². The largest absolute Gasteiger partial charge is 1.00 e. The standard InChI is InChI=1S/C26H26F3NO4S.C25H24F3NO4S.C13H12F3NOS.C13H16O4.Li.H2O/c1-16-12-23(20(17-5-6-17)13-22(16)34-14-25(31)32-2)33-11-3-4-24-30-21(15-35-24)18-7-9-19(10-8-18)26(27,28)29;1-15-11-22(19(16-4-5-16)12-21(15)33-13-24(30)31)32-10-2-3-23-29-20(14-34-23)17-6-8-18(9-7-17)25(26,27)28;14-13(15,16)10-5-3-9(4-6-10)11-8-19-12(17-11)2-1-7-18;1-8-5-11(14)10(9-3-4-9)6-12(8)17-7-13(15)16-2;;/h7-10,12-13,15,17H,3-6,11,14H2,1-2H3;6-9,11-12,14,16H,2-5,10,13H2,1H3,(H,30,31);3-6,8,18H,1-2,7H2;5-6,9,14H,3-4,7H2,1-2H3;;1H2/q;;;;+1;/p-1. The number of hydrogen-bond acceptors (Lipinski definition) is 19. The second kappa shape index (κ2) is 39.4. The predicted molar refractivity (Wildman–Crippen MR) is 382 cm³/mol. The Morgan fingerprint density at radius 1 is 0.449 bits per heavy atom. The maximum atomic E-state index is 12.8. The van der Waals surface area contributed by atoms with Gasteiger partial charge >= 0.3 is 55.3 Å². The summed E-state index contributed by atoms with van der Waals surface area (Å²) in [4.78, 5) is 46.7. The van der Waals surface area contributed by atoms with Crippen LogP contribution in [0.25, 0.3) is 33.8 Å². The van der Waals surface area contributed by atoms with E-state index in [1.807, 2.05) is 67.2 Å². The maximum Gasteiger partial charge on any atom is 1.00 e. The summed E-state index contributed by atoms with van der Waals surface area (Å²) < 4.78 is 152. The Hall–Kier alpha value is -8.69. The molecule has 3 saturated carbocycles. The van der Waals surface area contributed by atoms with Gasteiger partial charge in [-0.05, 0) is 186 Å². The molecule has 9 aromatic rings. The van der Waals surface area contributed by atoms with Crippen molar-refractivity contribution in [3.8, 4) is 68.3 Å². The molecule has 3 fully saturated rings. The zero-order chi connectivity index (χ0) is 75.6. The third-order valence-electron chi connectivity index (χ3n) is 16.8. The van der Waals surface area contributed by atoms with Crippen LogP contribution in [0.5, 0.6) is 34.5 Å². The number of carbonyl (C=O) groups is 3. The number of aliphatic carboxylic acids is 1. The summed E-state index contributed by atoms with van der Waals surface area (Å²) in [6.07, 6.45) is -2.24. The van der Waals surface area contributed by atoms with E-state index in [2.05, 4.69) is 24.4 Å². The summed E-state index contributed by atoms with van der Waals surface area (Å²) in [5, 5.41) is 35.6. The third-order valence-corrected chi connectivity index (χ3v) is 19.5. The fourth-order valence-corrected chi connectivity index (χ4v) is 13.2. The molecule has 4 N–H and O–H groups in total. The number of carboxylic acid groups (broad SMARTS) is 1. The molecule has 0 amide bonds. The molecule has 0 unspecified atom stereocenters. The first-order valence-electron chi connectivity index (χ1n) is 33.7. The van der Waals surface area contributed by atoms with Crippen molar-refractivity contribution in [1.29, 1.82) is 0 Å². The van der Waals surface area contributed by atoms with Gasteiger partial charge in [-0.3, -0.25) is 0 Å². The van der Waals surface area contributed by atoms with Crippen molar-refractivity contribution in [2.45, 2.75) is 134 Å². The van der Waals surface area contributed by atoms with Gasteiger partial charge in [-0.15, -0.1) is 34.0 Å². The number of aromatic nitrogens is 3. The molecule has 30 heteroatoms. The normalized spacial score (nSPS) is 13.1. The molecule has 3 aliphatic rings.